The molecule has 2 rings (SSSR count). The van der Waals surface area contributed by atoms with Crippen molar-refractivity contribution in [3.05, 3.63) is 41.6 Å². The molecule has 5 heteroatoms. The molecule has 1 N–H and O–H groups in total. The van der Waals surface area contributed by atoms with Gasteiger partial charge in [-0.2, -0.15) is 0 Å². The van der Waals surface area contributed by atoms with Crippen molar-refractivity contribution >= 4 is 5.95 Å². The van der Waals surface area contributed by atoms with Gasteiger partial charge in [-0.25, -0.2) is 9.97 Å². The second-order valence-electron chi connectivity index (χ2n) is 6.35. The molecule has 2 aromatic heterocycles. The molecule has 0 aliphatic heterocycles. The maximum atomic E-state index is 5.31. The van der Waals surface area contributed by atoms with E-state index in [4.69, 9.17) is 4.42 Å². The average molecular weight is 288 g/mol. The monoisotopic (exact) mass is 288 g/mol. The molecule has 0 unspecified atom stereocenters. The van der Waals surface area contributed by atoms with Crippen LogP contribution < -0.4 is 10.2 Å². The Hall–Kier alpha value is -1.88. The minimum Gasteiger partial charge on any atom is -0.469 e. The highest BCUT2D eigenvalue weighted by molar-refractivity contribution is 5.31. The van der Waals surface area contributed by atoms with E-state index in [-0.39, 0.29) is 5.54 Å². The van der Waals surface area contributed by atoms with Gasteiger partial charge in [0.25, 0.3) is 0 Å². The number of anilines is 1. The van der Waals surface area contributed by atoms with Crippen LogP contribution in [0, 0.1) is 6.92 Å². The van der Waals surface area contributed by atoms with Crippen LogP contribution in [0.15, 0.2) is 29.1 Å². The van der Waals surface area contributed by atoms with E-state index >= 15 is 0 Å². The zero-order valence-electron chi connectivity index (χ0n) is 13.5. The first-order valence-corrected chi connectivity index (χ1v) is 7.15. The summed E-state index contributed by atoms with van der Waals surface area (Å²) in [6, 6.07) is 1.98. The van der Waals surface area contributed by atoms with Crippen LogP contribution >= 0.6 is 0 Å². The van der Waals surface area contributed by atoms with Gasteiger partial charge in [-0.05, 0) is 33.8 Å². The minimum atomic E-state index is 0.0915. The lowest BCUT2D eigenvalue weighted by atomic mass is 10.1. The molecule has 114 valence electrons. The second-order valence-corrected chi connectivity index (χ2v) is 6.35. The topological polar surface area (TPSA) is 54.2 Å². The van der Waals surface area contributed by atoms with Crippen LogP contribution in [0.25, 0.3) is 0 Å². The Morgan fingerprint density at radius 3 is 2.43 bits per heavy atom. The van der Waals surface area contributed by atoms with Gasteiger partial charge >= 0.3 is 0 Å². The summed E-state index contributed by atoms with van der Waals surface area (Å²) >= 11 is 0. The van der Waals surface area contributed by atoms with Gasteiger partial charge in [0.05, 0.1) is 6.26 Å². The van der Waals surface area contributed by atoms with Gasteiger partial charge < -0.3 is 14.6 Å². The molecule has 2 heterocycles. The maximum absolute atomic E-state index is 5.31. The minimum absolute atomic E-state index is 0.0915. The molecule has 5 nitrogen and oxygen atoms in total. The highest BCUT2D eigenvalue weighted by Crippen LogP contribution is 2.14. The molecule has 0 aliphatic carbocycles. The van der Waals surface area contributed by atoms with Crippen molar-refractivity contribution in [2.45, 2.75) is 46.3 Å². The van der Waals surface area contributed by atoms with E-state index in [1.54, 1.807) is 6.26 Å². The second kappa shape index (κ2) is 6.26. The summed E-state index contributed by atoms with van der Waals surface area (Å²) in [5.74, 6) is 1.66. The van der Waals surface area contributed by atoms with Gasteiger partial charge in [-0.15, -0.1) is 0 Å². The predicted octanol–water partition coefficient (Wildman–Crippen LogP) is 2.90. The molecular weight excluding hydrogens is 264 g/mol. The first kappa shape index (κ1) is 15.5. The first-order chi connectivity index (χ1) is 9.85. The zero-order chi connectivity index (χ0) is 15.5. The third-order valence-electron chi connectivity index (χ3n) is 3.23. The molecule has 0 radical (unpaired) electrons. The van der Waals surface area contributed by atoms with Crippen LogP contribution in [0.3, 0.4) is 0 Å². The van der Waals surface area contributed by atoms with Crippen LogP contribution in [-0.2, 0) is 13.1 Å². The number of hydrogen-bond acceptors (Lipinski definition) is 5. The van der Waals surface area contributed by atoms with Crippen LogP contribution in [0.2, 0.25) is 0 Å². The van der Waals surface area contributed by atoms with Crippen LogP contribution in [0.5, 0.6) is 0 Å². The standard InChI is InChI=1S/C16H24N4O/c1-12-14(6-7-21-12)11-20(5)15-17-8-13(9-18-15)10-19-16(2,3)4/h6-9,19H,10-11H2,1-5H3. The summed E-state index contributed by atoms with van der Waals surface area (Å²) in [6.45, 7) is 9.90. The molecule has 0 aliphatic rings. The number of nitrogens with one attached hydrogen (secondary N) is 1. The predicted molar refractivity (Wildman–Crippen MR) is 84.2 cm³/mol. The van der Waals surface area contributed by atoms with Crippen LogP contribution in [-0.4, -0.2) is 22.6 Å². The molecule has 21 heavy (non-hydrogen) atoms. The summed E-state index contributed by atoms with van der Waals surface area (Å²) in [5.41, 5.74) is 2.33. The zero-order valence-corrected chi connectivity index (χ0v) is 13.5. The Labute approximate surface area is 126 Å². The molecule has 2 aromatic rings. The number of rotatable bonds is 5. The van der Waals surface area contributed by atoms with E-state index in [0.29, 0.717) is 0 Å². The normalized spacial score (nSPS) is 11.7. The van der Waals surface area contributed by atoms with Crippen LogP contribution in [0.1, 0.15) is 37.7 Å². The highest BCUT2D eigenvalue weighted by atomic mass is 16.3. The van der Waals surface area contributed by atoms with E-state index < -0.39 is 0 Å². The molecule has 0 saturated carbocycles. The Morgan fingerprint density at radius 1 is 1.24 bits per heavy atom. The number of hydrogen-bond donors (Lipinski definition) is 1. The number of aromatic nitrogens is 2. The van der Waals surface area contributed by atoms with Crippen molar-refractivity contribution in [1.82, 2.24) is 15.3 Å². The molecule has 0 bridgehead atoms. The van der Waals surface area contributed by atoms with E-state index in [2.05, 4.69) is 36.1 Å². The number of nitrogens with zero attached hydrogens (tertiary/aromatic N) is 3. The fourth-order valence-corrected chi connectivity index (χ4v) is 1.91. The summed E-state index contributed by atoms with van der Waals surface area (Å²) in [7, 11) is 1.98. The average Bonchev–Trinajstić information content (AvgIpc) is 2.82. The summed E-state index contributed by atoms with van der Waals surface area (Å²) < 4.78 is 5.31. The Balaban J connectivity index is 1.96. The summed E-state index contributed by atoms with van der Waals surface area (Å²) in [6.07, 6.45) is 5.46. The van der Waals surface area contributed by atoms with Gasteiger partial charge in [0.1, 0.15) is 5.76 Å². The van der Waals surface area contributed by atoms with E-state index in [9.17, 15) is 0 Å². The lowest BCUT2D eigenvalue weighted by molar-refractivity contribution is 0.423. The Morgan fingerprint density at radius 2 is 1.90 bits per heavy atom. The lowest BCUT2D eigenvalue weighted by Gasteiger charge is -2.21. The molecule has 0 atom stereocenters. The number of aryl methyl sites for hydroxylation is 1. The van der Waals surface area contributed by atoms with Gasteiger partial charge in [-0.3, -0.25) is 0 Å². The summed E-state index contributed by atoms with van der Waals surface area (Å²) in [5, 5.41) is 3.42. The van der Waals surface area contributed by atoms with Crippen molar-refractivity contribution in [3.8, 4) is 0 Å². The Kier molecular flexibility index (Phi) is 4.63. The first-order valence-electron chi connectivity index (χ1n) is 7.15. The SMILES string of the molecule is Cc1occc1CN(C)c1ncc(CNC(C)(C)C)cn1. The quantitative estimate of drug-likeness (QED) is 0.917. The fraction of sp³-hybridized carbons (Fsp3) is 0.500. The van der Waals surface area contributed by atoms with E-state index in [0.717, 1.165) is 35.9 Å². The lowest BCUT2D eigenvalue weighted by Crippen LogP contribution is -2.35. The van der Waals surface area contributed by atoms with Gasteiger partial charge in [0, 0.05) is 49.2 Å². The highest BCUT2D eigenvalue weighted by Gasteiger charge is 2.11. The van der Waals surface area contributed by atoms with Crippen molar-refractivity contribution in [2.75, 3.05) is 11.9 Å². The van der Waals surface area contributed by atoms with Gasteiger partial charge in [0.15, 0.2) is 0 Å². The van der Waals surface area contributed by atoms with Crippen LogP contribution in [0.4, 0.5) is 5.95 Å². The smallest absolute Gasteiger partial charge is 0.225 e. The summed E-state index contributed by atoms with van der Waals surface area (Å²) in [4.78, 5) is 10.9. The molecule has 0 fully saturated rings. The van der Waals surface area contributed by atoms with Crippen molar-refractivity contribution in [3.63, 3.8) is 0 Å². The van der Waals surface area contributed by atoms with Gasteiger partial charge in [0.2, 0.25) is 5.95 Å². The molecule has 0 spiro atoms. The third kappa shape index (κ3) is 4.56. The van der Waals surface area contributed by atoms with Crippen molar-refractivity contribution < 1.29 is 4.42 Å². The van der Waals surface area contributed by atoms with Gasteiger partial charge in [-0.1, -0.05) is 0 Å². The molecule has 0 saturated heterocycles. The fourth-order valence-electron chi connectivity index (χ4n) is 1.91. The molecule has 0 amide bonds. The van der Waals surface area contributed by atoms with E-state index in [1.807, 2.05) is 37.3 Å². The Bertz CT molecular complexity index is 569. The largest absolute Gasteiger partial charge is 0.469 e. The third-order valence-corrected chi connectivity index (χ3v) is 3.23. The molecular formula is C16H24N4O. The molecule has 0 aromatic carbocycles. The number of furan rings is 1. The van der Waals surface area contributed by atoms with E-state index in [1.165, 1.54) is 0 Å². The van der Waals surface area contributed by atoms with Crippen molar-refractivity contribution in [1.29, 1.82) is 0 Å². The van der Waals surface area contributed by atoms with Crippen molar-refractivity contribution in [2.24, 2.45) is 0 Å². The maximum Gasteiger partial charge on any atom is 0.225 e.